The molecule has 0 aromatic carbocycles. The van der Waals surface area contributed by atoms with Gasteiger partial charge in [0, 0.05) is 20.1 Å². The summed E-state index contributed by atoms with van der Waals surface area (Å²) in [6.07, 6.45) is 6.24. The molecule has 4 heteroatoms. The summed E-state index contributed by atoms with van der Waals surface area (Å²) < 4.78 is 0. The summed E-state index contributed by atoms with van der Waals surface area (Å²) in [6, 6.07) is 4.02. The van der Waals surface area contributed by atoms with Crippen molar-refractivity contribution in [1.29, 1.82) is 0 Å². The maximum atomic E-state index is 12.4. The summed E-state index contributed by atoms with van der Waals surface area (Å²) in [5, 5.41) is 3.01. The SMILES string of the molecule is CNc1ccc(C(=O)N(C)C2CCC(C)(C)CC2)nc1. The van der Waals surface area contributed by atoms with E-state index >= 15 is 0 Å². The van der Waals surface area contributed by atoms with Crippen LogP contribution in [-0.4, -0.2) is 35.9 Å². The average molecular weight is 275 g/mol. The smallest absolute Gasteiger partial charge is 0.272 e. The van der Waals surface area contributed by atoms with Crippen LogP contribution in [0.2, 0.25) is 0 Å². The molecule has 1 amide bonds. The number of pyridine rings is 1. The molecule has 4 nitrogen and oxygen atoms in total. The standard InChI is InChI=1S/C16H25N3O/c1-16(2)9-7-13(8-10-16)19(4)15(20)14-6-5-12(17-3)11-18-14/h5-6,11,13,17H,7-10H2,1-4H3. The maximum Gasteiger partial charge on any atom is 0.272 e. The number of carbonyl (C=O) groups is 1. The highest BCUT2D eigenvalue weighted by atomic mass is 16.2. The number of anilines is 1. The molecular weight excluding hydrogens is 250 g/mol. The van der Waals surface area contributed by atoms with Crippen molar-refractivity contribution in [3.05, 3.63) is 24.0 Å². The van der Waals surface area contributed by atoms with Crippen molar-refractivity contribution in [3.63, 3.8) is 0 Å². The van der Waals surface area contributed by atoms with Gasteiger partial charge in [0.15, 0.2) is 0 Å². The molecule has 1 aliphatic rings. The molecule has 1 fully saturated rings. The van der Waals surface area contributed by atoms with Crippen LogP contribution in [0.15, 0.2) is 18.3 Å². The third-order valence-electron chi connectivity index (χ3n) is 4.45. The molecular formula is C16H25N3O. The molecule has 110 valence electrons. The van der Waals surface area contributed by atoms with Gasteiger partial charge >= 0.3 is 0 Å². The minimum Gasteiger partial charge on any atom is -0.387 e. The largest absolute Gasteiger partial charge is 0.387 e. The molecule has 1 saturated carbocycles. The summed E-state index contributed by atoms with van der Waals surface area (Å²) in [7, 11) is 3.74. The molecule has 1 aromatic heterocycles. The van der Waals surface area contributed by atoms with E-state index in [0.717, 1.165) is 18.5 Å². The molecule has 0 aliphatic heterocycles. The normalized spacial score (nSPS) is 18.6. The van der Waals surface area contributed by atoms with Crippen LogP contribution in [0.3, 0.4) is 0 Å². The summed E-state index contributed by atoms with van der Waals surface area (Å²) in [5.74, 6) is 0.0253. The first-order valence-corrected chi connectivity index (χ1v) is 7.34. The van der Waals surface area contributed by atoms with Crippen molar-refractivity contribution in [2.75, 3.05) is 19.4 Å². The fourth-order valence-electron chi connectivity index (χ4n) is 2.79. The first-order chi connectivity index (χ1) is 9.43. The lowest BCUT2D eigenvalue weighted by molar-refractivity contribution is 0.0629. The molecule has 1 aromatic rings. The molecule has 0 unspecified atom stereocenters. The van der Waals surface area contributed by atoms with Gasteiger partial charge in [-0.05, 0) is 43.2 Å². The Labute approximate surface area is 121 Å². The summed E-state index contributed by atoms with van der Waals surface area (Å²) in [4.78, 5) is 18.6. The van der Waals surface area contributed by atoms with Gasteiger partial charge < -0.3 is 10.2 Å². The number of rotatable bonds is 3. The topological polar surface area (TPSA) is 45.2 Å². The highest BCUT2D eigenvalue weighted by Gasteiger charge is 2.31. The Hall–Kier alpha value is -1.58. The first kappa shape index (κ1) is 14.8. The van der Waals surface area contributed by atoms with Gasteiger partial charge in [0.05, 0.1) is 11.9 Å². The Morgan fingerprint density at radius 2 is 2.00 bits per heavy atom. The molecule has 1 heterocycles. The van der Waals surface area contributed by atoms with Crippen LogP contribution in [0.4, 0.5) is 5.69 Å². The first-order valence-electron chi connectivity index (χ1n) is 7.34. The zero-order valence-electron chi connectivity index (χ0n) is 12.9. The van der Waals surface area contributed by atoms with Crippen molar-refractivity contribution in [2.24, 2.45) is 5.41 Å². The van der Waals surface area contributed by atoms with E-state index in [1.807, 2.05) is 25.1 Å². The number of amides is 1. The van der Waals surface area contributed by atoms with Crippen LogP contribution < -0.4 is 5.32 Å². The van der Waals surface area contributed by atoms with E-state index in [1.165, 1.54) is 12.8 Å². The number of hydrogen-bond donors (Lipinski definition) is 1. The van der Waals surface area contributed by atoms with Gasteiger partial charge in [-0.1, -0.05) is 13.8 Å². The van der Waals surface area contributed by atoms with E-state index in [2.05, 4.69) is 24.1 Å². The van der Waals surface area contributed by atoms with Gasteiger partial charge in [-0.25, -0.2) is 4.98 Å². The predicted octanol–water partition coefficient (Wildman–Crippen LogP) is 3.16. The average Bonchev–Trinajstić information content (AvgIpc) is 2.46. The van der Waals surface area contributed by atoms with Crippen LogP contribution in [0, 0.1) is 5.41 Å². The number of nitrogens with zero attached hydrogens (tertiary/aromatic N) is 2. The molecule has 1 N–H and O–H groups in total. The van der Waals surface area contributed by atoms with E-state index in [-0.39, 0.29) is 5.91 Å². The number of aromatic nitrogens is 1. The number of carbonyl (C=O) groups excluding carboxylic acids is 1. The van der Waals surface area contributed by atoms with Gasteiger partial charge in [-0.3, -0.25) is 4.79 Å². The van der Waals surface area contributed by atoms with E-state index in [1.54, 1.807) is 12.3 Å². The minimum atomic E-state index is 0.0253. The monoisotopic (exact) mass is 275 g/mol. The van der Waals surface area contributed by atoms with E-state index in [9.17, 15) is 4.79 Å². The molecule has 1 aliphatic carbocycles. The van der Waals surface area contributed by atoms with Crippen molar-refractivity contribution >= 4 is 11.6 Å². The quantitative estimate of drug-likeness (QED) is 0.921. The molecule has 0 atom stereocenters. The van der Waals surface area contributed by atoms with Crippen molar-refractivity contribution in [3.8, 4) is 0 Å². The summed E-state index contributed by atoms with van der Waals surface area (Å²) in [6.45, 7) is 4.62. The van der Waals surface area contributed by atoms with Crippen molar-refractivity contribution in [2.45, 2.75) is 45.6 Å². The van der Waals surface area contributed by atoms with Crippen LogP contribution in [0.5, 0.6) is 0 Å². The molecule has 2 rings (SSSR count). The Bertz CT molecular complexity index is 457. The second-order valence-electron chi connectivity index (χ2n) is 6.49. The van der Waals surface area contributed by atoms with Crippen LogP contribution in [-0.2, 0) is 0 Å². The molecule has 0 radical (unpaired) electrons. The summed E-state index contributed by atoms with van der Waals surface area (Å²) >= 11 is 0. The molecule has 0 bridgehead atoms. The highest BCUT2D eigenvalue weighted by molar-refractivity contribution is 5.92. The van der Waals surface area contributed by atoms with Gasteiger partial charge in [0.2, 0.25) is 0 Å². The zero-order valence-corrected chi connectivity index (χ0v) is 12.9. The van der Waals surface area contributed by atoms with E-state index in [0.29, 0.717) is 17.2 Å². The van der Waals surface area contributed by atoms with Crippen LogP contribution in [0.25, 0.3) is 0 Å². The lowest BCUT2D eigenvalue weighted by Gasteiger charge is -2.38. The van der Waals surface area contributed by atoms with E-state index in [4.69, 9.17) is 0 Å². The van der Waals surface area contributed by atoms with Gasteiger partial charge in [0.25, 0.3) is 5.91 Å². The molecule has 20 heavy (non-hydrogen) atoms. The number of nitrogens with one attached hydrogen (secondary N) is 1. The second kappa shape index (κ2) is 5.81. The lowest BCUT2D eigenvalue weighted by atomic mass is 9.75. The molecule has 0 spiro atoms. The van der Waals surface area contributed by atoms with Gasteiger partial charge in [0.1, 0.15) is 5.69 Å². The summed E-state index contributed by atoms with van der Waals surface area (Å²) in [5.41, 5.74) is 1.87. The fourth-order valence-corrected chi connectivity index (χ4v) is 2.79. The van der Waals surface area contributed by atoms with Gasteiger partial charge in [-0.2, -0.15) is 0 Å². The Morgan fingerprint density at radius 3 is 2.50 bits per heavy atom. The van der Waals surface area contributed by atoms with Crippen molar-refractivity contribution in [1.82, 2.24) is 9.88 Å². The van der Waals surface area contributed by atoms with Gasteiger partial charge in [-0.15, -0.1) is 0 Å². The Balaban J connectivity index is 2.01. The van der Waals surface area contributed by atoms with E-state index < -0.39 is 0 Å². The Kier molecular flexibility index (Phi) is 4.31. The maximum absolute atomic E-state index is 12.4. The fraction of sp³-hybridized carbons (Fsp3) is 0.625. The zero-order chi connectivity index (χ0) is 14.8. The second-order valence-corrected chi connectivity index (χ2v) is 6.49. The predicted molar refractivity (Wildman–Crippen MR) is 81.9 cm³/mol. The minimum absolute atomic E-state index is 0.0253. The van der Waals surface area contributed by atoms with Crippen LogP contribution >= 0.6 is 0 Å². The highest BCUT2D eigenvalue weighted by Crippen LogP contribution is 2.36. The van der Waals surface area contributed by atoms with Crippen molar-refractivity contribution < 1.29 is 4.79 Å². The number of hydrogen-bond acceptors (Lipinski definition) is 3. The van der Waals surface area contributed by atoms with Crippen LogP contribution in [0.1, 0.15) is 50.0 Å². The third-order valence-corrected chi connectivity index (χ3v) is 4.45. The third kappa shape index (κ3) is 3.30. The molecule has 0 saturated heterocycles. The lowest BCUT2D eigenvalue weighted by Crippen LogP contribution is -2.41. The Morgan fingerprint density at radius 1 is 1.35 bits per heavy atom.